The van der Waals surface area contributed by atoms with Crippen LogP contribution in [0.15, 0.2) is 77.5 Å². The monoisotopic (exact) mass is 408 g/mol. The Balaban J connectivity index is 1.29. The molecule has 0 N–H and O–H groups in total. The minimum atomic E-state index is 0.808. The van der Waals surface area contributed by atoms with Gasteiger partial charge in [0.15, 0.2) is 0 Å². The molecule has 26 heavy (non-hydrogen) atoms. The van der Waals surface area contributed by atoms with E-state index in [0.717, 1.165) is 12.5 Å². The molecule has 3 aromatic rings. The van der Waals surface area contributed by atoms with E-state index in [9.17, 15) is 0 Å². The minimum Gasteiger partial charge on any atom is -0.324 e. The molecule has 2 nitrogen and oxygen atoms in total. The molecule has 0 bridgehead atoms. The fourth-order valence-electron chi connectivity index (χ4n) is 3.86. The third kappa shape index (κ3) is 4.28. The number of hydrogen-bond donors (Lipinski definition) is 0. The van der Waals surface area contributed by atoms with Crippen LogP contribution in [0.1, 0.15) is 24.0 Å². The summed E-state index contributed by atoms with van der Waals surface area (Å²) in [5, 5.41) is 0. The van der Waals surface area contributed by atoms with Gasteiger partial charge in [0.2, 0.25) is 0 Å². The molecule has 0 radical (unpaired) electrons. The number of aromatic nitrogens is 1. The van der Waals surface area contributed by atoms with E-state index >= 15 is 0 Å². The Bertz CT molecular complexity index is 816. The summed E-state index contributed by atoms with van der Waals surface area (Å²) in [5.41, 5.74) is 4.10. The lowest BCUT2D eigenvalue weighted by Gasteiger charge is -2.32. The highest BCUT2D eigenvalue weighted by Gasteiger charge is 2.20. The Kier molecular flexibility index (Phi) is 5.57. The van der Waals surface area contributed by atoms with Crippen molar-refractivity contribution in [1.29, 1.82) is 0 Å². The number of hydrogen-bond acceptors (Lipinski definition) is 1. The molecule has 1 aliphatic heterocycles. The SMILES string of the molecule is Brc1ccccc1CN1CCC(Cc2ccc(-n3cccc3)cc2)CC1. The largest absolute Gasteiger partial charge is 0.324 e. The fourth-order valence-corrected chi connectivity index (χ4v) is 4.27. The standard InChI is InChI=1S/C23H25BrN2/c24-23-6-2-1-5-21(23)18-25-15-11-20(12-16-25)17-19-7-9-22(10-8-19)26-13-3-4-14-26/h1-10,13-14,20H,11-12,15-18H2. The van der Waals surface area contributed by atoms with E-state index in [1.165, 1.54) is 53.6 Å². The van der Waals surface area contributed by atoms with Crippen molar-refractivity contribution >= 4 is 15.9 Å². The summed E-state index contributed by atoms with van der Waals surface area (Å²) in [6, 6.07) is 21.8. The Morgan fingerprint density at radius 3 is 2.23 bits per heavy atom. The lowest BCUT2D eigenvalue weighted by Crippen LogP contribution is -2.33. The molecule has 1 aliphatic rings. The third-order valence-corrected chi connectivity index (χ3v) is 6.20. The maximum absolute atomic E-state index is 3.67. The zero-order valence-electron chi connectivity index (χ0n) is 15.0. The molecule has 0 spiro atoms. The first-order chi connectivity index (χ1) is 12.8. The lowest BCUT2D eigenvalue weighted by atomic mass is 9.90. The summed E-state index contributed by atoms with van der Waals surface area (Å²) in [7, 11) is 0. The summed E-state index contributed by atoms with van der Waals surface area (Å²) < 4.78 is 3.38. The number of benzene rings is 2. The summed E-state index contributed by atoms with van der Waals surface area (Å²) >= 11 is 3.67. The van der Waals surface area contributed by atoms with Crippen LogP contribution in [-0.4, -0.2) is 22.6 Å². The van der Waals surface area contributed by atoms with Crippen molar-refractivity contribution in [2.24, 2.45) is 5.92 Å². The second-order valence-corrected chi connectivity index (χ2v) is 8.13. The Morgan fingerprint density at radius 1 is 0.846 bits per heavy atom. The van der Waals surface area contributed by atoms with Gasteiger partial charge in [-0.2, -0.15) is 0 Å². The van der Waals surface area contributed by atoms with Crippen molar-refractivity contribution in [3.63, 3.8) is 0 Å². The highest BCUT2D eigenvalue weighted by molar-refractivity contribution is 9.10. The quantitative estimate of drug-likeness (QED) is 0.525. The molecule has 2 aromatic carbocycles. The van der Waals surface area contributed by atoms with Gasteiger partial charge < -0.3 is 4.57 Å². The molecule has 1 aromatic heterocycles. The van der Waals surface area contributed by atoms with Gasteiger partial charge in [-0.25, -0.2) is 0 Å². The molecule has 0 unspecified atom stereocenters. The molecule has 0 atom stereocenters. The Morgan fingerprint density at radius 2 is 1.54 bits per heavy atom. The maximum atomic E-state index is 3.67. The van der Waals surface area contributed by atoms with Crippen LogP contribution in [0.3, 0.4) is 0 Å². The van der Waals surface area contributed by atoms with Crippen molar-refractivity contribution in [2.45, 2.75) is 25.8 Å². The zero-order valence-corrected chi connectivity index (χ0v) is 16.6. The van der Waals surface area contributed by atoms with Gasteiger partial charge >= 0.3 is 0 Å². The normalized spacial score (nSPS) is 16.0. The molecular formula is C23H25BrN2. The first-order valence-electron chi connectivity index (χ1n) is 9.46. The summed E-state index contributed by atoms with van der Waals surface area (Å²) in [6.07, 6.45) is 7.98. The van der Waals surface area contributed by atoms with E-state index in [4.69, 9.17) is 0 Å². The number of likely N-dealkylation sites (tertiary alicyclic amines) is 1. The smallest absolute Gasteiger partial charge is 0.0449 e. The maximum Gasteiger partial charge on any atom is 0.0449 e. The first kappa shape index (κ1) is 17.6. The molecule has 1 saturated heterocycles. The predicted molar refractivity (Wildman–Crippen MR) is 112 cm³/mol. The lowest BCUT2D eigenvalue weighted by molar-refractivity contribution is 0.177. The fraction of sp³-hybridized carbons (Fsp3) is 0.304. The molecule has 0 amide bonds. The number of piperidine rings is 1. The van der Waals surface area contributed by atoms with Gasteiger partial charge in [-0.3, -0.25) is 4.90 Å². The van der Waals surface area contributed by atoms with Crippen LogP contribution in [-0.2, 0) is 13.0 Å². The Labute approximate surface area is 164 Å². The van der Waals surface area contributed by atoms with Crippen LogP contribution >= 0.6 is 15.9 Å². The van der Waals surface area contributed by atoms with Crippen LogP contribution in [0.5, 0.6) is 0 Å². The van der Waals surface area contributed by atoms with Crippen LogP contribution in [0, 0.1) is 5.92 Å². The van der Waals surface area contributed by atoms with Gasteiger partial charge in [0, 0.05) is 29.1 Å². The molecule has 0 aliphatic carbocycles. The summed E-state index contributed by atoms with van der Waals surface area (Å²) in [6.45, 7) is 3.46. The second kappa shape index (κ2) is 8.24. The van der Waals surface area contributed by atoms with Crippen molar-refractivity contribution in [2.75, 3.05) is 13.1 Å². The average Bonchev–Trinajstić information content (AvgIpc) is 3.21. The molecular weight excluding hydrogens is 384 g/mol. The summed E-state index contributed by atoms with van der Waals surface area (Å²) in [5.74, 6) is 0.808. The molecule has 0 saturated carbocycles. The van der Waals surface area contributed by atoms with E-state index in [1.807, 2.05) is 0 Å². The van der Waals surface area contributed by atoms with Crippen molar-refractivity contribution in [3.05, 3.63) is 88.7 Å². The van der Waals surface area contributed by atoms with E-state index in [0.29, 0.717) is 0 Å². The van der Waals surface area contributed by atoms with E-state index < -0.39 is 0 Å². The minimum absolute atomic E-state index is 0.808. The second-order valence-electron chi connectivity index (χ2n) is 7.27. The van der Waals surface area contributed by atoms with Gasteiger partial charge in [0.25, 0.3) is 0 Å². The average molecular weight is 409 g/mol. The topological polar surface area (TPSA) is 8.17 Å². The predicted octanol–water partition coefficient (Wildman–Crippen LogP) is 5.69. The molecule has 3 heteroatoms. The molecule has 2 heterocycles. The highest BCUT2D eigenvalue weighted by Crippen LogP contribution is 2.25. The first-order valence-corrected chi connectivity index (χ1v) is 10.3. The van der Waals surface area contributed by atoms with E-state index in [2.05, 4.69) is 98.5 Å². The highest BCUT2D eigenvalue weighted by atomic mass is 79.9. The summed E-state index contributed by atoms with van der Waals surface area (Å²) in [4.78, 5) is 2.59. The van der Waals surface area contributed by atoms with E-state index in [1.54, 1.807) is 0 Å². The van der Waals surface area contributed by atoms with Crippen molar-refractivity contribution in [3.8, 4) is 5.69 Å². The number of nitrogens with zero attached hydrogens (tertiary/aromatic N) is 2. The number of halogens is 1. The van der Waals surface area contributed by atoms with Gasteiger partial charge in [0.05, 0.1) is 0 Å². The Hall–Kier alpha value is -1.84. The van der Waals surface area contributed by atoms with Gasteiger partial charge in [-0.05, 0) is 79.7 Å². The number of rotatable bonds is 5. The van der Waals surface area contributed by atoms with Gasteiger partial charge in [-0.15, -0.1) is 0 Å². The van der Waals surface area contributed by atoms with Gasteiger partial charge in [-0.1, -0.05) is 46.3 Å². The van der Waals surface area contributed by atoms with Crippen LogP contribution in [0.2, 0.25) is 0 Å². The zero-order chi connectivity index (χ0) is 17.8. The third-order valence-electron chi connectivity index (χ3n) is 5.42. The molecule has 1 fully saturated rings. The van der Waals surface area contributed by atoms with Gasteiger partial charge in [0.1, 0.15) is 0 Å². The van der Waals surface area contributed by atoms with Crippen LogP contribution in [0.25, 0.3) is 5.69 Å². The van der Waals surface area contributed by atoms with Crippen LogP contribution in [0.4, 0.5) is 0 Å². The van der Waals surface area contributed by atoms with Crippen molar-refractivity contribution < 1.29 is 0 Å². The van der Waals surface area contributed by atoms with Crippen molar-refractivity contribution in [1.82, 2.24) is 9.47 Å². The van der Waals surface area contributed by atoms with E-state index in [-0.39, 0.29) is 0 Å². The van der Waals surface area contributed by atoms with Crippen LogP contribution < -0.4 is 0 Å². The molecule has 134 valence electrons. The molecule has 4 rings (SSSR count).